The van der Waals surface area contributed by atoms with E-state index in [2.05, 4.69) is 0 Å². The summed E-state index contributed by atoms with van der Waals surface area (Å²) in [5, 5.41) is 0. The lowest BCUT2D eigenvalue weighted by atomic mass is 9.80. The Morgan fingerprint density at radius 2 is 1.15 bits per heavy atom. The van der Waals surface area contributed by atoms with Gasteiger partial charge in [-0.05, 0) is 73.6 Å². The second-order valence-corrected chi connectivity index (χ2v) is 7.88. The molecular formula is C23H24F2O. The van der Waals surface area contributed by atoms with Gasteiger partial charge >= 0.3 is 0 Å². The second kappa shape index (κ2) is 7.30. The van der Waals surface area contributed by atoms with Gasteiger partial charge in [0.15, 0.2) is 0 Å². The van der Waals surface area contributed by atoms with Crippen LogP contribution >= 0.6 is 0 Å². The van der Waals surface area contributed by atoms with E-state index in [0.717, 1.165) is 25.7 Å². The van der Waals surface area contributed by atoms with Crippen LogP contribution in [0.15, 0.2) is 48.5 Å². The van der Waals surface area contributed by atoms with Crippen LogP contribution in [0.1, 0.15) is 36.8 Å². The number of hydrogen-bond donors (Lipinski definition) is 0. The average Bonchev–Trinajstić information content (AvgIpc) is 3.53. The van der Waals surface area contributed by atoms with Crippen LogP contribution in [0.5, 0.6) is 0 Å². The summed E-state index contributed by atoms with van der Waals surface area (Å²) in [5.74, 6) is 0.217. The van der Waals surface area contributed by atoms with E-state index in [1.165, 1.54) is 12.1 Å². The fourth-order valence-electron chi connectivity index (χ4n) is 4.07. The molecule has 0 N–H and O–H groups in total. The summed E-state index contributed by atoms with van der Waals surface area (Å²) >= 11 is 0. The molecule has 2 fully saturated rings. The molecule has 2 aromatic rings. The maximum atomic E-state index is 14.1. The highest BCUT2D eigenvalue weighted by Gasteiger charge is 2.44. The Morgan fingerprint density at radius 1 is 0.769 bits per heavy atom. The third-order valence-corrected chi connectivity index (χ3v) is 5.91. The first-order chi connectivity index (χ1) is 12.6. The van der Waals surface area contributed by atoms with Gasteiger partial charge in [0.2, 0.25) is 0 Å². The highest BCUT2D eigenvalue weighted by atomic mass is 19.1. The molecule has 0 radical (unpaired) electrons. The van der Waals surface area contributed by atoms with Crippen LogP contribution in [0.2, 0.25) is 0 Å². The minimum atomic E-state index is -0.233. The predicted molar refractivity (Wildman–Crippen MR) is 97.6 cm³/mol. The molecular weight excluding hydrogens is 330 g/mol. The van der Waals surface area contributed by atoms with Gasteiger partial charge in [0, 0.05) is 11.8 Å². The standard InChI is InChI=1S/C23H24F2O/c24-21-7-3-1-5-17(21)13-19(15-9-10-15)23(26)20(16-11-12-16)14-18-6-2-4-8-22(18)25/h1-8,15-16,19-20H,9-14H2. The van der Waals surface area contributed by atoms with E-state index in [1.54, 1.807) is 24.3 Å². The van der Waals surface area contributed by atoms with Crippen molar-refractivity contribution in [1.82, 2.24) is 0 Å². The van der Waals surface area contributed by atoms with Crippen molar-refractivity contribution >= 4 is 5.78 Å². The first-order valence-electron chi connectivity index (χ1n) is 9.64. The van der Waals surface area contributed by atoms with Crippen LogP contribution in [0, 0.1) is 35.3 Å². The summed E-state index contributed by atoms with van der Waals surface area (Å²) in [5.41, 5.74) is 1.25. The number of halogens is 2. The fraction of sp³-hybridized carbons (Fsp3) is 0.435. The number of benzene rings is 2. The third kappa shape index (κ3) is 3.87. The van der Waals surface area contributed by atoms with Gasteiger partial charge in [0.1, 0.15) is 17.4 Å². The third-order valence-electron chi connectivity index (χ3n) is 5.91. The lowest BCUT2D eigenvalue weighted by Gasteiger charge is -2.23. The molecule has 2 unspecified atom stereocenters. The Kier molecular flexibility index (Phi) is 4.88. The molecule has 0 saturated heterocycles. The van der Waals surface area contributed by atoms with Crippen molar-refractivity contribution in [1.29, 1.82) is 0 Å². The normalized spacial score (nSPS) is 19.2. The molecule has 0 bridgehead atoms. The summed E-state index contributed by atoms with van der Waals surface area (Å²) in [6, 6.07) is 13.5. The number of carbonyl (C=O) groups excluding carboxylic acids is 1. The molecule has 0 amide bonds. The average molecular weight is 354 g/mol. The molecule has 2 saturated carbocycles. The number of carbonyl (C=O) groups is 1. The monoisotopic (exact) mass is 354 g/mol. The summed E-state index contributed by atoms with van der Waals surface area (Å²) in [4.78, 5) is 13.4. The number of Topliss-reactive ketones (excluding diaryl/α,β-unsaturated/α-hetero) is 1. The van der Waals surface area contributed by atoms with E-state index in [0.29, 0.717) is 35.8 Å². The van der Waals surface area contributed by atoms with Gasteiger partial charge in [-0.1, -0.05) is 36.4 Å². The van der Waals surface area contributed by atoms with Gasteiger partial charge in [-0.25, -0.2) is 8.78 Å². The fourth-order valence-corrected chi connectivity index (χ4v) is 4.07. The summed E-state index contributed by atoms with van der Waals surface area (Å²) in [6.07, 6.45) is 5.11. The van der Waals surface area contributed by atoms with Gasteiger partial charge in [0.05, 0.1) is 0 Å². The quantitative estimate of drug-likeness (QED) is 0.623. The first kappa shape index (κ1) is 17.4. The largest absolute Gasteiger partial charge is 0.299 e. The second-order valence-electron chi connectivity index (χ2n) is 7.88. The number of hydrogen-bond acceptors (Lipinski definition) is 1. The van der Waals surface area contributed by atoms with E-state index >= 15 is 0 Å². The molecule has 0 spiro atoms. The Labute approximate surface area is 153 Å². The van der Waals surface area contributed by atoms with Crippen molar-refractivity contribution < 1.29 is 13.6 Å². The van der Waals surface area contributed by atoms with E-state index in [1.807, 2.05) is 12.1 Å². The number of rotatable bonds is 8. The van der Waals surface area contributed by atoms with Crippen molar-refractivity contribution in [3.8, 4) is 0 Å². The van der Waals surface area contributed by atoms with Crippen molar-refractivity contribution in [2.75, 3.05) is 0 Å². The SMILES string of the molecule is O=C(C(Cc1ccccc1F)C1CC1)C(Cc1ccccc1F)C1CC1. The summed E-state index contributed by atoms with van der Waals surface area (Å²) in [7, 11) is 0. The molecule has 2 aromatic carbocycles. The van der Waals surface area contributed by atoms with Crippen LogP contribution in [0.4, 0.5) is 8.78 Å². The minimum Gasteiger partial charge on any atom is -0.299 e. The van der Waals surface area contributed by atoms with E-state index in [4.69, 9.17) is 0 Å². The molecule has 4 rings (SSSR count). The molecule has 0 aromatic heterocycles. The smallest absolute Gasteiger partial charge is 0.140 e. The van der Waals surface area contributed by atoms with E-state index < -0.39 is 0 Å². The zero-order chi connectivity index (χ0) is 18.1. The lowest BCUT2D eigenvalue weighted by Crippen LogP contribution is -2.30. The van der Waals surface area contributed by atoms with Crippen molar-refractivity contribution in [3.63, 3.8) is 0 Å². The van der Waals surface area contributed by atoms with E-state index in [9.17, 15) is 13.6 Å². The molecule has 2 aliphatic rings. The highest BCUT2D eigenvalue weighted by molar-refractivity contribution is 5.85. The summed E-state index contributed by atoms with van der Waals surface area (Å²) < 4.78 is 28.2. The lowest BCUT2D eigenvalue weighted by molar-refractivity contribution is -0.128. The van der Waals surface area contributed by atoms with Crippen molar-refractivity contribution in [2.45, 2.75) is 38.5 Å². The minimum absolute atomic E-state index is 0.135. The van der Waals surface area contributed by atoms with Gasteiger partial charge in [0.25, 0.3) is 0 Å². The van der Waals surface area contributed by atoms with Crippen LogP contribution in [-0.2, 0) is 17.6 Å². The molecule has 2 aliphatic carbocycles. The van der Waals surface area contributed by atoms with Gasteiger partial charge in [-0.2, -0.15) is 0 Å². The molecule has 0 aliphatic heterocycles. The Bertz CT molecular complexity index is 727. The highest BCUT2D eigenvalue weighted by Crippen LogP contribution is 2.45. The van der Waals surface area contributed by atoms with Crippen molar-refractivity contribution in [3.05, 3.63) is 71.3 Å². The van der Waals surface area contributed by atoms with E-state index in [-0.39, 0.29) is 29.3 Å². The van der Waals surface area contributed by atoms with Gasteiger partial charge in [-0.3, -0.25) is 4.79 Å². The zero-order valence-corrected chi connectivity index (χ0v) is 14.8. The molecule has 2 atom stereocenters. The predicted octanol–water partition coefficient (Wildman–Crippen LogP) is 5.37. The van der Waals surface area contributed by atoms with Gasteiger partial charge < -0.3 is 0 Å². The molecule has 1 nitrogen and oxygen atoms in total. The topological polar surface area (TPSA) is 17.1 Å². The van der Waals surface area contributed by atoms with Gasteiger partial charge in [-0.15, -0.1) is 0 Å². The Balaban J connectivity index is 1.55. The van der Waals surface area contributed by atoms with Crippen molar-refractivity contribution in [2.24, 2.45) is 23.7 Å². The van der Waals surface area contributed by atoms with Crippen LogP contribution < -0.4 is 0 Å². The Hall–Kier alpha value is -2.03. The number of ketones is 1. The molecule has 3 heteroatoms. The van der Waals surface area contributed by atoms with Crippen LogP contribution in [0.3, 0.4) is 0 Å². The van der Waals surface area contributed by atoms with Crippen LogP contribution in [0.25, 0.3) is 0 Å². The Morgan fingerprint density at radius 3 is 1.50 bits per heavy atom. The van der Waals surface area contributed by atoms with Crippen LogP contribution in [-0.4, -0.2) is 5.78 Å². The summed E-state index contributed by atoms with van der Waals surface area (Å²) in [6.45, 7) is 0. The first-order valence-corrected chi connectivity index (χ1v) is 9.64. The molecule has 26 heavy (non-hydrogen) atoms. The maximum Gasteiger partial charge on any atom is 0.140 e. The molecule has 0 heterocycles. The maximum absolute atomic E-state index is 14.1. The molecule has 136 valence electrons. The zero-order valence-electron chi connectivity index (χ0n) is 14.8.